The molecule has 8 nitrogen and oxygen atoms in total. The van der Waals surface area contributed by atoms with Crippen molar-refractivity contribution in [2.45, 2.75) is 37.8 Å². The summed E-state index contributed by atoms with van der Waals surface area (Å²) in [5, 5.41) is 15.5. The summed E-state index contributed by atoms with van der Waals surface area (Å²) in [5.74, 6) is 6.38. The molecule has 1 saturated carbocycles. The predicted molar refractivity (Wildman–Crippen MR) is 100 cm³/mol. The molecule has 1 aliphatic carbocycles. The van der Waals surface area contributed by atoms with Crippen molar-refractivity contribution in [3.8, 4) is 0 Å². The monoisotopic (exact) mass is 359 g/mol. The minimum Gasteiger partial charge on any atom is -0.334 e. The summed E-state index contributed by atoms with van der Waals surface area (Å²) >= 11 is 1.22. The van der Waals surface area contributed by atoms with E-state index in [1.54, 1.807) is 0 Å². The SMILES string of the molecule is Cc1ccc(NC(=O)CSc2nnc(NN=C3CCCC3)n2N)cc1. The van der Waals surface area contributed by atoms with E-state index in [1.165, 1.54) is 29.3 Å². The van der Waals surface area contributed by atoms with Crippen LogP contribution in [0.2, 0.25) is 0 Å². The first-order valence-corrected chi connectivity index (χ1v) is 9.11. The summed E-state index contributed by atoms with van der Waals surface area (Å²) in [6.45, 7) is 2.00. The highest BCUT2D eigenvalue weighted by Gasteiger charge is 2.13. The van der Waals surface area contributed by atoms with Gasteiger partial charge in [-0.3, -0.25) is 4.79 Å². The summed E-state index contributed by atoms with van der Waals surface area (Å²) in [6.07, 6.45) is 4.36. The minimum absolute atomic E-state index is 0.127. The maximum absolute atomic E-state index is 12.0. The van der Waals surface area contributed by atoms with Crippen LogP contribution in [0.3, 0.4) is 0 Å². The van der Waals surface area contributed by atoms with Gasteiger partial charge in [0.2, 0.25) is 11.1 Å². The molecule has 4 N–H and O–H groups in total. The number of carbonyl (C=O) groups is 1. The first-order valence-electron chi connectivity index (χ1n) is 8.13. The molecular formula is C16H21N7OS. The molecule has 3 rings (SSSR count). The zero-order chi connectivity index (χ0) is 17.6. The van der Waals surface area contributed by atoms with E-state index in [1.807, 2.05) is 31.2 Å². The predicted octanol–water partition coefficient (Wildman–Crippen LogP) is 2.37. The molecule has 1 heterocycles. The summed E-state index contributed by atoms with van der Waals surface area (Å²) in [7, 11) is 0. The molecule has 0 spiro atoms. The molecule has 2 aromatic rings. The lowest BCUT2D eigenvalue weighted by Gasteiger charge is -2.06. The number of amides is 1. The number of hydrogen-bond acceptors (Lipinski definition) is 7. The molecule has 0 unspecified atom stereocenters. The second kappa shape index (κ2) is 8.02. The van der Waals surface area contributed by atoms with Gasteiger partial charge in [-0.1, -0.05) is 29.5 Å². The van der Waals surface area contributed by atoms with Crippen LogP contribution >= 0.6 is 11.8 Å². The van der Waals surface area contributed by atoms with Gasteiger partial charge in [0, 0.05) is 11.4 Å². The van der Waals surface area contributed by atoms with Crippen LogP contribution in [-0.2, 0) is 4.79 Å². The molecule has 0 radical (unpaired) electrons. The Hall–Kier alpha value is -2.55. The molecule has 1 aromatic heterocycles. The second-order valence-corrected chi connectivity index (χ2v) is 6.82. The minimum atomic E-state index is -0.127. The molecule has 0 atom stereocenters. The topological polar surface area (TPSA) is 110 Å². The van der Waals surface area contributed by atoms with Crippen molar-refractivity contribution in [3.05, 3.63) is 29.8 Å². The Morgan fingerprint density at radius 2 is 2.00 bits per heavy atom. The highest BCUT2D eigenvalue weighted by molar-refractivity contribution is 7.99. The summed E-state index contributed by atoms with van der Waals surface area (Å²) < 4.78 is 1.31. The fourth-order valence-corrected chi connectivity index (χ4v) is 3.10. The van der Waals surface area contributed by atoms with Crippen molar-refractivity contribution in [2.24, 2.45) is 5.10 Å². The standard InChI is InChI=1S/C16H21N7OS/c1-11-6-8-12(9-7-11)18-14(24)10-25-16-22-21-15(23(16)17)20-19-13-4-2-3-5-13/h6-9H,2-5,10,17H2,1H3,(H,18,24)(H,20,21). The van der Waals surface area contributed by atoms with Gasteiger partial charge in [0.05, 0.1) is 5.75 Å². The zero-order valence-electron chi connectivity index (χ0n) is 14.0. The van der Waals surface area contributed by atoms with Gasteiger partial charge in [-0.2, -0.15) is 5.10 Å². The Labute approximate surface area is 150 Å². The number of nitrogen functional groups attached to an aromatic ring is 1. The van der Waals surface area contributed by atoms with Crippen LogP contribution in [0, 0.1) is 6.92 Å². The average molecular weight is 359 g/mol. The fraction of sp³-hybridized carbons (Fsp3) is 0.375. The number of nitrogens with one attached hydrogen (secondary N) is 2. The van der Waals surface area contributed by atoms with Crippen molar-refractivity contribution in [1.82, 2.24) is 14.9 Å². The third kappa shape index (κ3) is 4.72. The lowest BCUT2D eigenvalue weighted by molar-refractivity contribution is -0.113. The number of hydrogen-bond donors (Lipinski definition) is 3. The summed E-state index contributed by atoms with van der Waals surface area (Å²) in [4.78, 5) is 12.0. The molecule has 1 fully saturated rings. The molecular weight excluding hydrogens is 338 g/mol. The molecule has 1 amide bonds. The van der Waals surface area contributed by atoms with E-state index in [0.29, 0.717) is 11.1 Å². The Kier molecular flexibility index (Phi) is 5.54. The number of rotatable bonds is 6. The Morgan fingerprint density at radius 1 is 1.28 bits per heavy atom. The zero-order valence-corrected chi connectivity index (χ0v) is 14.8. The van der Waals surface area contributed by atoms with Gasteiger partial charge in [0.25, 0.3) is 5.95 Å². The van der Waals surface area contributed by atoms with Gasteiger partial charge in [0.15, 0.2) is 0 Å². The maximum Gasteiger partial charge on any atom is 0.264 e. The van der Waals surface area contributed by atoms with Gasteiger partial charge in [0.1, 0.15) is 0 Å². The fourth-order valence-electron chi connectivity index (χ4n) is 2.44. The van der Waals surface area contributed by atoms with Crippen LogP contribution in [0.4, 0.5) is 11.6 Å². The van der Waals surface area contributed by atoms with Crippen molar-refractivity contribution >= 4 is 35.0 Å². The number of hydrazone groups is 1. The highest BCUT2D eigenvalue weighted by atomic mass is 32.2. The second-order valence-electron chi connectivity index (χ2n) is 5.88. The molecule has 0 bridgehead atoms. The number of anilines is 2. The van der Waals surface area contributed by atoms with E-state index < -0.39 is 0 Å². The van der Waals surface area contributed by atoms with Crippen molar-refractivity contribution in [2.75, 3.05) is 22.3 Å². The normalized spacial score (nSPS) is 13.7. The Morgan fingerprint density at radius 3 is 2.72 bits per heavy atom. The van der Waals surface area contributed by atoms with E-state index in [9.17, 15) is 4.79 Å². The number of nitrogens with zero attached hydrogens (tertiary/aromatic N) is 4. The average Bonchev–Trinajstić information content (AvgIpc) is 3.23. The van der Waals surface area contributed by atoms with E-state index >= 15 is 0 Å². The Bertz CT molecular complexity index is 761. The molecule has 1 aliphatic rings. The van der Waals surface area contributed by atoms with Crippen molar-refractivity contribution < 1.29 is 4.79 Å². The molecule has 132 valence electrons. The van der Waals surface area contributed by atoms with Gasteiger partial charge in [-0.05, 0) is 44.7 Å². The first kappa shape index (κ1) is 17.3. The van der Waals surface area contributed by atoms with Gasteiger partial charge >= 0.3 is 0 Å². The van der Waals surface area contributed by atoms with E-state index in [0.717, 1.165) is 29.8 Å². The summed E-state index contributed by atoms with van der Waals surface area (Å²) in [6, 6.07) is 7.63. The lowest BCUT2D eigenvalue weighted by Crippen LogP contribution is -2.17. The van der Waals surface area contributed by atoms with E-state index in [2.05, 4.69) is 26.0 Å². The number of benzene rings is 1. The molecule has 1 aromatic carbocycles. The van der Waals surface area contributed by atoms with Gasteiger partial charge in [-0.15, -0.1) is 10.2 Å². The van der Waals surface area contributed by atoms with Crippen molar-refractivity contribution in [1.29, 1.82) is 0 Å². The van der Waals surface area contributed by atoms with E-state index in [-0.39, 0.29) is 11.7 Å². The summed E-state index contributed by atoms with van der Waals surface area (Å²) in [5.41, 5.74) is 5.87. The maximum atomic E-state index is 12.0. The van der Waals surface area contributed by atoms with Crippen molar-refractivity contribution in [3.63, 3.8) is 0 Å². The van der Waals surface area contributed by atoms with Crippen LogP contribution in [0.5, 0.6) is 0 Å². The first-order chi connectivity index (χ1) is 12.1. The molecule has 25 heavy (non-hydrogen) atoms. The molecule has 0 aliphatic heterocycles. The van der Waals surface area contributed by atoms with Crippen LogP contribution in [0.15, 0.2) is 34.5 Å². The number of thioether (sulfide) groups is 1. The molecule has 0 saturated heterocycles. The number of nitrogens with two attached hydrogens (primary N) is 1. The smallest absolute Gasteiger partial charge is 0.264 e. The van der Waals surface area contributed by atoms with Gasteiger partial charge in [-0.25, -0.2) is 10.1 Å². The van der Waals surface area contributed by atoms with Crippen LogP contribution in [0.25, 0.3) is 0 Å². The largest absolute Gasteiger partial charge is 0.334 e. The van der Waals surface area contributed by atoms with E-state index in [4.69, 9.17) is 5.84 Å². The molecule has 9 heteroatoms. The lowest BCUT2D eigenvalue weighted by atomic mass is 10.2. The number of aryl methyl sites for hydroxylation is 1. The van der Waals surface area contributed by atoms with Gasteiger partial charge < -0.3 is 11.2 Å². The van der Waals surface area contributed by atoms with Crippen LogP contribution in [0.1, 0.15) is 31.2 Å². The quantitative estimate of drug-likeness (QED) is 0.415. The number of carbonyl (C=O) groups excluding carboxylic acids is 1. The highest BCUT2D eigenvalue weighted by Crippen LogP contribution is 2.19. The van der Waals surface area contributed by atoms with Crippen LogP contribution < -0.4 is 16.6 Å². The number of aromatic nitrogens is 3. The third-order valence-electron chi connectivity index (χ3n) is 3.83. The van der Waals surface area contributed by atoms with Crippen LogP contribution in [-0.4, -0.2) is 32.2 Å². The Balaban J connectivity index is 1.51. The third-order valence-corrected chi connectivity index (χ3v) is 4.77.